The van der Waals surface area contributed by atoms with Crippen molar-refractivity contribution in [3.8, 4) is 0 Å². The second-order valence-electron chi connectivity index (χ2n) is 4.83. The number of carbonyl (C=O) groups is 2. The summed E-state index contributed by atoms with van der Waals surface area (Å²) < 4.78 is 0. The van der Waals surface area contributed by atoms with E-state index in [1.54, 1.807) is 6.07 Å². The van der Waals surface area contributed by atoms with Gasteiger partial charge in [0.2, 0.25) is 0 Å². The highest BCUT2D eigenvalue weighted by Gasteiger charge is 2.19. The molecule has 1 aliphatic heterocycles. The zero-order chi connectivity index (χ0) is 16.1. The number of carbonyl (C=O) groups excluding carboxylic acids is 2. The van der Waals surface area contributed by atoms with Crippen molar-refractivity contribution < 1.29 is 9.59 Å². The van der Waals surface area contributed by atoms with Gasteiger partial charge in [0, 0.05) is 6.08 Å². The van der Waals surface area contributed by atoms with Gasteiger partial charge >= 0.3 is 0 Å². The van der Waals surface area contributed by atoms with Crippen LogP contribution in [0.3, 0.4) is 0 Å². The predicted octanol–water partition coefficient (Wildman–Crippen LogP) is 2.08. The summed E-state index contributed by atoms with van der Waals surface area (Å²) in [5.74, 6) is -0.861. The third kappa shape index (κ3) is 3.62. The number of nitrogens with one attached hydrogen (secondary N) is 3. The molecule has 1 aliphatic rings. The standard InChI is InChI=1S/C17H14N4O2/c22-16(21-18-11-12-6-2-1-3-7-12)10-15-17(23)20-14-9-5-4-8-13(14)19-15/h1-11,19H,(H,20,23)(H,21,22)/b15-10+,18-11+. The van der Waals surface area contributed by atoms with Gasteiger partial charge in [-0.1, -0.05) is 42.5 Å². The fourth-order valence-corrected chi connectivity index (χ4v) is 2.07. The average Bonchev–Trinajstić information content (AvgIpc) is 2.56. The van der Waals surface area contributed by atoms with Gasteiger partial charge in [-0.05, 0) is 17.7 Å². The number of para-hydroxylation sites is 2. The molecule has 2 aromatic rings. The minimum Gasteiger partial charge on any atom is -0.349 e. The molecular formula is C17H14N4O2. The lowest BCUT2D eigenvalue weighted by molar-refractivity contribution is -0.117. The number of hydrogen-bond acceptors (Lipinski definition) is 4. The van der Waals surface area contributed by atoms with Crippen LogP contribution in [0.4, 0.5) is 11.4 Å². The molecule has 2 aromatic carbocycles. The summed E-state index contributed by atoms with van der Waals surface area (Å²) in [6.07, 6.45) is 2.70. The van der Waals surface area contributed by atoms with E-state index in [0.717, 1.165) is 11.3 Å². The Hall–Kier alpha value is -3.41. The third-order valence-electron chi connectivity index (χ3n) is 3.15. The van der Waals surface area contributed by atoms with Crippen LogP contribution in [0.1, 0.15) is 5.56 Å². The Morgan fingerprint density at radius 3 is 2.35 bits per heavy atom. The maximum absolute atomic E-state index is 11.9. The van der Waals surface area contributed by atoms with Crippen LogP contribution in [0, 0.1) is 0 Å². The van der Waals surface area contributed by atoms with Crippen molar-refractivity contribution in [1.29, 1.82) is 0 Å². The van der Waals surface area contributed by atoms with Crippen LogP contribution in [0.5, 0.6) is 0 Å². The van der Waals surface area contributed by atoms with E-state index in [1.807, 2.05) is 48.5 Å². The van der Waals surface area contributed by atoms with Crippen molar-refractivity contribution in [3.05, 3.63) is 71.9 Å². The van der Waals surface area contributed by atoms with Crippen molar-refractivity contribution in [3.63, 3.8) is 0 Å². The summed E-state index contributed by atoms with van der Waals surface area (Å²) in [7, 11) is 0. The minimum atomic E-state index is -0.491. The van der Waals surface area contributed by atoms with Crippen molar-refractivity contribution in [2.24, 2.45) is 5.10 Å². The highest BCUT2D eigenvalue weighted by molar-refractivity contribution is 6.13. The number of anilines is 2. The van der Waals surface area contributed by atoms with E-state index in [0.29, 0.717) is 5.69 Å². The molecule has 2 amide bonds. The van der Waals surface area contributed by atoms with E-state index in [1.165, 1.54) is 12.3 Å². The molecule has 6 nitrogen and oxygen atoms in total. The van der Waals surface area contributed by atoms with Crippen molar-refractivity contribution in [2.75, 3.05) is 10.6 Å². The summed E-state index contributed by atoms with van der Waals surface area (Å²) >= 11 is 0. The summed E-state index contributed by atoms with van der Waals surface area (Å²) in [5, 5.41) is 9.48. The first-order chi connectivity index (χ1) is 11.2. The van der Waals surface area contributed by atoms with E-state index in [-0.39, 0.29) is 11.6 Å². The van der Waals surface area contributed by atoms with Gasteiger partial charge in [0.15, 0.2) is 0 Å². The second kappa shape index (κ2) is 6.57. The van der Waals surface area contributed by atoms with Gasteiger partial charge in [0.25, 0.3) is 11.8 Å². The van der Waals surface area contributed by atoms with Crippen LogP contribution >= 0.6 is 0 Å². The Kier molecular flexibility index (Phi) is 4.15. The van der Waals surface area contributed by atoms with Crippen molar-refractivity contribution >= 4 is 29.4 Å². The van der Waals surface area contributed by atoms with Crippen LogP contribution < -0.4 is 16.1 Å². The number of fused-ring (bicyclic) bond motifs is 1. The molecule has 0 atom stereocenters. The van der Waals surface area contributed by atoms with E-state index in [4.69, 9.17) is 0 Å². The Morgan fingerprint density at radius 1 is 0.957 bits per heavy atom. The number of amides is 2. The van der Waals surface area contributed by atoms with Crippen molar-refractivity contribution in [2.45, 2.75) is 0 Å². The molecule has 6 heteroatoms. The van der Waals surface area contributed by atoms with Crippen LogP contribution in [0.15, 0.2) is 71.5 Å². The number of rotatable bonds is 3. The fourth-order valence-electron chi connectivity index (χ4n) is 2.07. The molecule has 0 bridgehead atoms. The average molecular weight is 306 g/mol. The molecule has 0 aromatic heterocycles. The molecule has 3 rings (SSSR count). The number of hydrogen-bond donors (Lipinski definition) is 3. The molecule has 1 heterocycles. The van der Waals surface area contributed by atoms with Crippen LogP contribution in [0.25, 0.3) is 0 Å². The van der Waals surface area contributed by atoms with Crippen LogP contribution in [-0.2, 0) is 9.59 Å². The molecular weight excluding hydrogens is 292 g/mol. The molecule has 0 fully saturated rings. The van der Waals surface area contributed by atoms with E-state index >= 15 is 0 Å². The second-order valence-corrected chi connectivity index (χ2v) is 4.83. The first-order valence-electron chi connectivity index (χ1n) is 6.99. The molecule has 0 unspecified atom stereocenters. The van der Waals surface area contributed by atoms with Gasteiger partial charge in [-0.25, -0.2) is 5.43 Å². The number of nitrogens with zero attached hydrogens (tertiary/aromatic N) is 1. The molecule has 0 spiro atoms. The van der Waals surface area contributed by atoms with E-state index < -0.39 is 5.91 Å². The molecule has 23 heavy (non-hydrogen) atoms. The molecule has 0 saturated heterocycles. The normalized spacial score (nSPS) is 15.0. The molecule has 114 valence electrons. The number of hydrazone groups is 1. The predicted molar refractivity (Wildman–Crippen MR) is 89.0 cm³/mol. The SMILES string of the molecule is O=C(/C=C1/Nc2ccccc2NC1=O)N/N=C/c1ccccc1. The molecule has 0 radical (unpaired) electrons. The minimum absolute atomic E-state index is 0.163. The van der Waals surface area contributed by atoms with Gasteiger partial charge in [0.1, 0.15) is 5.70 Å². The zero-order valence-corrected chi connectivity index (χ0v) is 12.1. The van der Waals surface area contributed by atoms with Gasteiger partial charge in [-0.15, -0.1) is 0 Å². The lowest BCUT2D eigenvalue weighted by Crippen LogP contribution is -2.27. The topological polar surface area (TPSA) is 82.6 Å². The lowest BCUT2D eigenvalue weighted by Gasteiger charge is -2.20. The largest absolute Gasteiger partial charge is 0.349 e. The van der Waals surface area contributed by atoms with Gasteiger partial charge in [-0.2, -0.15) is 5.10 Å². The van der Waals surface area contributed by atoms with Crippen LogP contribution in [0.2, 0.25) is 0 Å². The smallest absolute Gasteiger partial charge is 0.272 e. The van der Waals surface area contributed by atoms with Gasteiger partial charge in [-0.3, -0.25) is 9.59 Å². The lowest BCUT2D eigenvalue weighted by atomic mass is 10.2. The quantitative estimate of drug-likeness (QED) is 0.461. The number of benzene rings is 2. The van der Waals surface area contributed by atoms with Gasteiger partial charge in [0.05, 0.1) is 17.6 Å². The maximum atomic E-state index is 11.9. The fraction of sp³-hybridized carbons (Fsp3) is 0. The van der Waals surface area contributed by atoms with Gasteiger partial charge < -0.3 is 10.6 Å². The zero-order valence-electron chi connectivity index (χ0n) is 12.1. The first kappa shape index (κ1) is 14.5. The highest BCUT2D eigenvalue weighted by atomic mass is 16.2. The Bertz CT molecular complexity index is 797. The molecule has 3 N–H and O–H groups in total. The molecule has 0 saturated carbocycles. The van der Waals surface area contributed by atoms with Crippen LogP contribution in [-0.4, -0.2) is 18.0 Å². The Morgan fingerprint density at radius 2 is 1.61 bits per heavy atom. The third-order valence-corrected chi connectivity index (χ3v) is 3.15. The van der Waals surface area contributed by atoms with E-state index in [2.05, 4.69) is 21.2 Å². The Balaban J connectivity index is 1.66. The monoisotopic (exact) mass is 306 g/mol. The van der Waals surface area contributed by atoms with E-state index in [9.17, 15) is 9.59 Å². The highest BCUT2D eigenvalue weighted by Crippen LogP contribution is 2.26. The summed E-state index contributed by atoms with van der Waals surface area (Å²) in [6, 6.07) is 16.6. The maximum Gasteiger partial charge on any atom is 0.272 e. The summed E-state index contributed by atoms with van der Waals surface area (Å²) in [6.45, 7) is 0. The summed E-state index contributed by atoms with van der Waals surface area (Å²) in [5.41, 5.74) is 4.80. The van der Waals surface area contributed by atoms with Crippen molar-refractivity contribution in [1.82, 2.24) is 5.43 Å². The summed E-state index contributed by atoms with van der Waals surface area (Å²) in [4.78, 5) is 23.8. The molecule has 0 aliphatic carbocycles. The first-order valence-corrected chi connectivity index (χ1v) is 6.99. The Labute approximate surface area is 132 Å².